The summed E-state index contributed by atoms with van der Waals surface area (Å²) in [6, 6.07) is 5.45. The maximum Gasteiger partial charge on any atom is 0.261 e. The van der Waals surface area contributed by atoms with Gasteiger partial charge >= 0.3 is 0 Å². The molecule has 0 fully saturated rings. The molecule has 0 aliphatic heterocycles. The lowest BCUT2D eigenvalue weighted by atomic mass is 10.3. The molecule has 2 nitrogen and oxygen atoms in total. The molecule has 0 atom stereocenters. The highest BCUT2D eigenvalue weighted by Crippen LogP contribution is 2.21. The first-order valence-corrected chi connectivity index (χ1v) is 6.44. The molecule has 1 amide bonds. The Hall–Kier alpha value is -0.840. The van der Waals surface area contributed by atoms with E-state index in [1.165, 1.54) is 11.3 Å². The SMILES string of the molecule is O=C(NCc1ccsc1)c1ccc(Cl)s1. The van der Waals surface area contributed by atoms with Gasteiger partial charge in [0.05, 0.1) is 9.21 Å². The minimum Gasteiger partial charge on any atom is -0.347 e. The quantitative estimate of drug-likeness (QED) is 0.897. The molecule has 0 radical (unpaired) electrons. The van der Waals surface area contributed by atoms with Crippen LogP contribution in [0.4, 0.5) is 0 Å². The molecule has 0 saturated heterocycles. The Morgan fingerprint density at radius 3 is 2.87 bits per heavy atom. The molecule has 2 heterocycles. The second-order valence-corrected chi connectivity index (χ2v) is 5.41. The van der Waals surface area contributed by atoms with Crippen LogP contribution in [0.3, 0.4) is 0 Å². The summed E-state index contributed by atoms with van der Waals surface area (Å²) in [4.78, 5) is 12.2. The summed E-state index contributed by atoms with van der Waals surface area (Å²) in [6.07, 6.45) is 0. The standard InChI is InChI=1S/C10H8ClNOS2/c11-9-2-1-8(15-9)10(13)12-5-7-3-4-14-6-7/h1-4,6H,5H2,(H,12,13). The number of carbonyl (C=O) groups excluding carboxylic acids is 1. The fourth-order valence-electron chi connectivity index (χ4n) is 1.10. The third-order valence-corrected chi connectivity index (χ3v) is 3.79. The number of amides is 1. The Balaban J connectivity index is 1.93. The van der Waals surface area contributed by atoms with E-state index in [1.807, 2.05) is 16.8 Å². The molecule has 0 aliphatic rings. The van der Waals surface area contributed by atoms with E-state index in [9.17, 15) is 4.79 Å². The predicted octanol–water partition coefficient (Wildman–Crippen LogP) is 3.39. The Kier molecular flexibility index (Phi) is 3.41. The monoisotopic (exact) mass is 257 g/mol. The number of carbonyl (C=O) groups is 1. The van der Waals surface area contributed by atoms with Crippen LogP contribution in [0.25, 0.3) is 0 Å². The Morgan fingerprint density at radius 2 is 2.27 bits per heavy atom. The molecule has 2 rings (SSSR count). The maximum absolute atomic E-state index is 11.6. The van der Waals surface area contributed by atoms with Crippen LogP contribution < -0.4 is 5.32 Å². The summed E-state index contributed by atoms with van der Waals surface area (Å²) in [5.74, 6) is -0.0712. The van der Waals surface area contributed by atoms with Crippen LogP contribution in [-0.4, -0.2) is 5.91 Å². The van der Waals surface area contributed by atoms with E-state index in [0.717, 1.165) is 5.56 Å². The molecular formula is C10H8ClNOS2. The molecule has 15 heavy (non-hydrogen) atoms. The van der Waals surface area contributed by atoms with E-state index in [-0.39, 0.29) is 5.91 Å². The average molecular weight is 258 g/mol. The smallest absolute Gasteiger partial charge is 0.261 e. The summed E-state index contributed by atoms with van der Waals surface area (Å²) in [6.45, 7) is 0.567. The fraction of sp³-hybridized carbons (Fsp3) is 0.100. The van der Waals surface area contributed by atoms with Crippen LogP contribution in [0.1, 0.15) is 15.2 Å². The molecule has 1 N–H and O–H groups in total. The highest BCUT2D eigenvalue weighted by atomic mass is 35.5. The van der Waals surface area contributed by atoms with E-state index in [2.05, 4.69) is 5.32 Å². The predicted molar refractivity (Wildman–Crippen MR) is 64.8 cm³/mol. The first kappa shape index (κ1) is 10.7. The van der Waals surface area contributed by atoms with Gasteiger partial charge in [-0.25, -0.2) is 0 Å². The Labute approximate surface area is 101 Å². The van der Waals surface area contributed by atoms with Gasteiger partial charge in [-0.05, 0) is 34.5 Å². The van der Waals surface area contributed by atoms with Crippen molar-refractivity contribution in [3.63, 3.8) is 0 Å². The maximum atomic E-state index is 11.6. The van der Waals surface area contributed by atoms with Crippen LogP contribution in [0.5, 0.6) is 0 Å². The molecule has 78 valence electrons. The van der Waals surface area contributed by atoms with Gasteiger partial charge in [-0.1, -0.05) is 11.6 Å². The lowest BCUT2D eigenvalue weighted by molar-refractivity contribution is 0.0955. The van der Waals surface area contributed by atoms with Crippen molar-refractivity contribution >= 4 is 40.2 Å². The summed E-state index contributed by atoms with van der Waals surface area (Å²) < 4.78 is 0.635. The summed E-state index contributed by atoms with van der Waals surface area (Å²) in [5, 5.41) is 6.84. The molecular weight excluding hydrogens is 250 g/mol. The first-order chi connectivity index (χ1) is 7.25. The second-order valence-electron chi connectivity index (χ2n) is 2.92. The summed E-state index contributed by atoms with van der Waals surface area (Å²) >= 11 is 8.65. The van der Waals surface area contributed by atoms with Gasteiger partial charge in [-0.15, -0.1) is 11.3 Å². The summed E-state index contributed by atoms with van der Waals surface area (Å²) in [7, 11) is 0. The van der Waals surface area contributed by atoms with Crippen molar-refractivity contribution in [1.29, 1.82) is 0 Å². The third-order valence-electron chi connectivity index (χ3n) is 1.83. The molecule has 0 bridgehead atoms. The van der Waals surface area contributed by atoms with Gasteiger partial charge < -0.3 is 5.32 Å². The molecule has 2 aromatic heterocycles. The van der Waals surface area contributed by atoms with Crippen molar-refractivity contribution in [2.75, 3.05) is 0 Å². The zero-order chi connectivity index (χ0) is 10.7. The molecule has 0 aromatic carbocycles. The number of hydrogen-bond donors (Lipinski definition) is 1. The van der Waals surface area contributed by atoms with Crippen molar-refractivity contribution in [3.8, 4) is 0 Å². The van der Waals surface area contributed by atoms with Crippen LogP contribution >= 0.6 is 34.3 Å². The lowest BCUT2D eigenvalue weighted by Gasteiger charge is -2.00. The van der Waals surface area contributed by atoms with Crippen molar-refractivity contribution in [3.05, 3.63) is 43.7 Å². The fourth-order valence-corrected chi connectivity index (χ4v) is 2.73. The molecule has 5 heteroatoms. The van der Waals surface area contributed by atoms with Crippen molar-refractivity contribution in [2.24, 2.45) is 0 Å². The van der Waals surface area contributed by atoms with E-state index < -0.39 is 0 Å². The van der Waals surface area contributed by atoms with Gasteiger partial charge in [-0.3, -0.25) is 4.79 Å². The van der Waals surface area contributed by atoms with Crippen LogP contribution in [0, 0.1) is 0 Å². The topological polar surface area (TPSA) is 29.1 Å². The minimum absolute atomic E-state index is 0.0712. The first-order valence-electron chi connectivity index (χ1n) is 4.30. The molecule has 0 spiro atoms. The molecule has 0 unspecified atom stereocenters. The van der Waals surface area contributed by atoms with Crippen LogP contribution in [0.15, 0.2) is 29.0 Å². The van der Waals surface area contributed by atoms with Gasteiger partial charge in [0, 0.05) is 6.54 Å². The number of halogens is 1. The molecule has 2 aromatic rings. The van der Waals surface area contributed by atoms with Gasteiger partial charge in [-0.2, -0.15) is 11.3 Å². The largest absolute Gasteiger partial charge is 0.347 e. The van der Waals surface area contributed by atoms with Gasteiger partial charge in [0.25, 0.3) is 5.91 Å². The lowest BCUT2D eigenvalue weighted by Crippen LogP contribution is -2.21. The number of hydrogen-bond acceptors (Lipinski definition) is 3. The number of rotatable bonds is 3. The van der Waals surface area contributed by atoms with E-state index in [4.69, 9.17) is 11.6 Å². The van der Waals surface area contributed by atoms with Crippen LogP contribution in [-0.2, 0) is 6.54 Å². The zero-order valence-corrected chi connectivity index (χ0v) is 10.1. The Morgan fingerprint density at radius 1 is 1.40 bits per heavy atom. The minimum atomic E-state index is -0.0712. The average Bonchev–Trinajstić information content (AvgIpc) is 2.84. The second kappa shape index (κ2) is 4.79. The highest BCUT2D eigenvalue weighted by molar-refractivity contribution is 7.18. The molecule has 0 aliphatic carbocycles. The Bertz CT molecular complexity index is 450. The molecule has 0 saturated carbocycles. The third kappa shape index (κ3) is 2.81. The number of thiophene rings is 2. The van der Waals surface area contributed by atoms with Gasteiger partial charge in [0.1, 0.15) is 0 Å². The van der Waals surface area contributed by atoms with E-state index >= 15 is 0 Å². The summed E-state index contributed by atoms with van der Waals surface area (Å²) in [5.41, 5.74) is 1.12. The van der Waals surface area contributed by atoms with E-state index in [0.29, 0.717) is 15.8 Å². The normalized spacial score (nSPS) is 10.2. The number of nitrogens with one attached hydrogen (secondary N) is 1. The van der Waals surface area contributed by atoms with Gasteiger partial charge in [0.15, 0.2) is 0 Å². The van der Waals surface area contributed by atoms with Crippen molar-refractivity contribution < 1.29 is 4.79 Å². The van der Waals surface area contributed by atoms with Crippen LogP contribution in [0.2, 0.25) is 4.34 Å². The van der Waals surface area contributed by atoms with E-state index in [1.54, 1.807) is 23.5 Å². The van der Waals surface area contributed by atoms with Crippen molar-refractivity contribution in [1.82, 2.24) is 5.32 Å². The van der Waals surface area contributed by atoms with Crippen molar-refractivity contribution in [2.45, 2.75) is 6.54 Å². The van der Waals surface area contributed by atoms with Gasteiger partial charge in [0.2, 0.25) is 0 Å². The highest BCUT2D eigenvalue weighted by Gasteiger charge is 2.07. The zero-order valence-electron chi connectivity index (χ0n) is 7.70.